The van der Waals surface area contributed by atoms with Gasteiger partial charge in [-0.2, -0.15) is 4.37 Å². The lowest BCUT2D eigenvalue weighted by Gasteiger charge is -2.20. The molecule has 1 aromatic heterocycles. The molecule has 0 amide bonds. The average molecular weight is 261 g/mol. The second-order valence-corrected chi connectivity index (χ2v) is 5.69. The van der Waals surface area contributed by atoms with E-state index in [1.807, 2.05) is 0 Å². The van der Waals surface area contributed by atoms with Crippen LogP contribution in [-0.4, -0.2) is 33.7 Å². The molecule has 0 aromatic carbocycles. The van der Waals surface area contributed by atoms with Crippen LogP contribution in [0.4, 0.5) is 0 Å². The molecular formula is C9H15N3O2S2. The van der Waals surface area contributed by atoms with Gasteiger partial charge in [-0.25, -0.2) is 4.98 Å². The van der Waals surface area contributed by atoms with E-state index in [9.17, 15) is 4.79 Å². The van der Waals surface area contributed by atoms with Gasteiger partial charge in [-0.05, 0) is 31.3 Å². The number of nitrogens with zero attached hydrogens (tertiary/aromatic N) is 2. The summed E-state index contributed by atoms with van der Waals surface area (Å²) in [5.41, 5.74) is 4.93. The summed E-state index contributed by atoms with van der Waals surface area (Å²) in [7, 11) is 1.35. The van der Waals surface area contributed by atoms with Crippen molar-refractivity contribution in [2.75, 3.05) is 12.9 Å². The van der Waals surface area contributed by atoms with E-state index in [0.29, 0.717) is 6.42 Å². The lowest BCUT2D eigenvalue weighted by Crippen LogP contribution is -2.45. The molecular weight excluding hydrogens is 246 g/mol. The first-order valence-corrected chi connectivity index (χ1v) is 6.59. The quantitative estimate of drug-likeness (QED) is 0.472. The first-order valence-electron chi connectivity index (χ1n) is 4.83. The van der Waals surface area contributed by atoms with E-state index in [1.54, 1.807) is 18.7 Å². The summed E-state index contributed by atoms with van der Waals surface area (Å²) >= 11 is 2.99. The van der Waals surface area contributed by atoms with Gasteiger partial charge in [0.1, 0.15) is 11.9 Å². The zero-order chi connectivity index (χ0) is 12.0. The number of ether oxygens (including phenoxy) is 1. The number of methoxy groups -OCH3 is 1. The van der Waals surface area contributed by atoms with Gasteiger partial charge in [-0.3, -0.25) is 4.79 Å². The van der Waals surface area contributed by atoms with Crippen molar-refractivity contribution in [3.8, 4) is 0 Å². The first-order chi connectivity index (χ1) is 7.56. The molecule has 0 bridgehead atoms. The molecule has 0 spiro atoms. The maximum Gasteiger partial charge on any atom is 0.325 e. The topological polar surface area (TPSA) is 78.1 Å². The van der Waals surface area contributed by atoms with Crippen molar-refractivity contribution in [2.45, 2.75) is 29.6 Å². The summed E-state index contributed by atoms with van der Waals surface area (Å²) in [6, 6.07) is 0. The lowest BCUT2D eigenvalue weighted by molar-refractivity contribution is -0.146. The Labute approximate surface area is 103 Å². The van der Waals surface area contributed by atoms with E-state index in [2.05, 4.69) is 14.1 Å². The van der Waals surface area contributed by atoms with Gasteiger partial charge < -0.3 is 10.5 Å². The molecule has 0 saturated carbocycles. The van der Waals surface area contributed by atoms with Crippen molar-refractivity contribution in [3.05, 3.63) is 6.33 Å². The minimum absolute atomic E-state index is 0.367. The number of carbonyl (C=O) groups is 1. The van der Waals surface area contributed by atoms with Crippen LogP contribution in [0.5, 0.6) is 0 Å². The fourth-order valence-electron chi connectivity index (χ4n) is 1.16. The van der Waals surface area contributed by atoms with Crippen LogP contribution < -0.4 is 5.73 Å². The van der Waals surface area contributed by atoms with E-state index < -0.39 is 5.54 Å². The minimum Gasteiger partial charge on any atom is -0.468 e. The minimum atomic E-state index is -0.892. The van der Waals surface area contributed by atoms with Crippen LogP contribution in [-0.2, 0) is 9.53 Å². The zero-order valence-electron chi connectivity index (χ0n) is 9.30. The number of nitrogens with two attached hydrogens (primary N) is 1. The number of rotatable bonds is 6. The molecule has 0 fully saturated rings. The molecule has 0 aliphatic heterocycles. The smallest absolute Gasteiger partial charge is 0.325 e. The first kappa shape index (κ1) is 13.4. The molecule has 0 radical (unpaired) electrons. The summed E-state index contributed by atoms with van der Waals surface area (Å²) in [6.45, 7) is 1.69. The van der Waals surface area contributed by atoms with Crippen molar-refractivity contribution in [2.24, 2.45) is 5.73 Å². The van der Waals surface area contributed by atoms with Crippen molar-refractivity contribution in [1.29, 1.82) is 0 Å². The van der Waals surface area contributed by atoms with Gasteiger partial charge >= 0.3 is 5.97 Å². The maximum atomic E-state index is 11.3. The highest BCUT2D eigenvalue weighted by Crippen LogP contribution is 2.21. The molecule has 0 aliphatic rings. The maximum absolute atomic E-state index is 11.3. The third-order valence-electron chi connectivity index (χ3n) is 2.06. The van der Waals surface area contributed by atoms with Gasteiger partial charge in [-0.1, -0.05) is 11.8 Å². The number of hydrogen-bond acceptors (Lipinski definition) is 7. The van der Waals surface area contributed by atoms with Crippen LogP contribution in [0, 0.1) is 0 Å². The molecule has 5 nitrogen and oxygen atoms in total. The average Bonchev–Trinajstić information content (AvgIpc) is 2.76. The van der Waals surface area contributed by atoms with Gasteiger partial charge in [0, 0.05) is 5.75 Å². The summed E-state index contributed by atoms with van der Waals surface area (Å²) in [4.78, 5) is 15.3. The molecule has 2 N–H and O–H groups in total. The standard InChI is InChI=1S/C9H15N3O2S2/c1-9(10,7(13)14-2)4-3-5-15-8-11-6-12-16-8/h6H,3-5,10H2,1-2H3. The Kier molecular flexibility index (Phi) is 5.17. The van der Waals surface area contributed by atoms with E-state index >= 15 is 0 Å². The number of hydrogen-bond donors (Lipinski definition) is 1. The molecule has 0 aliphatic carbocycles. The Morgan fingerprint density at radius 2 is 2.50 bits per heavy atom. The number of carbonyl (C=O) groups excluding carboxylic acids is 1. The summed E-state index contributed by atoms with van der Waals surface area (Å²) in [6.07, 6.45) is 2.98. The second kappa shape index (κ2) is 6.17. The molecule has 1 heterocycles. The molecule has 1 rings (SSSR count). The second-order valence-electron chi connectivity index (χ2n) is 3.57. The Balaban J connectivity index is 2.22. The summed E-state index contributed by atoms with van der Waals surface area (Å²) in [5.74, 6) is 0.507. The van der Waals surface area contributed by atoms with Gasteiger partial charge in [-0.15, -0.1) is 0 Å². The van der Waals surface area contributed by atoms with E-state index in [-0.39, 0.29) is 5.97 Å². The van der Waals surface area contributed by atoms with Crippen LogP contribution in [0.15, 0.2) is 10.7 Å². The van der Waals surface area contributed by atoms with Crippen LogP contribution >= 0.6 is 23.3 Å². The van der Waals surface area contributed by atoms with E-state index in [4.69, 9.17) is 5.73 Å². The fourth-order valence-corrected chi connectivity index (χ4v) is 2.61. The SMILES string of the molecule is COC(=O)C(C)(N)CCCSc1ncns1. The molecule has 16 heavy (non-hydrogen) atoms. The predicted molar refractivity (Wildman–Crippen MR) is 64.5 cm³/mol. The van der Waals surface area contributed by atoms with Crippen molar-refractivity contribution < 1.29 is 9.53 Å². The third kappa shape index (κ3) is 4.07. The molecule has 90 valence electrons. The Morgan fingerprint density at radius 3 is 3.06 bits per heavy atom. The van der Waals surface area contributed by atoms with Crippen molar-refractivity contribution in [3.63, 3.8) is 0 Å². The highest BCUT2D eigenvalue weighted by atomic mass is 32.2. The van der Waals surface area contributed by atoms with Gasteiger partial charge in [0.25, 0.3) is 0 Å². The molecule has 7 heteroatoms. The number of thioether (sulfide) groups is 1. The third-order valence-corrected chi connectivity index (χ3v) is 3.94. The Morgan fingerprint density at radius 1 is 1.75 bits per heavy atom. The Bertz CT molecular complexity index is 328. The van der Waals surface area contributed by atoms with Gasteiger partial charge in [0.15, 0.2) is 4.34 Å². The van der Waals surface area contributed by atoms with Crippen LogP contribution in [0.1, 0.15) is 19.8 Å². The van der Waals surface area contributed by atoms with Crippen LogP contribution in [0.2, 0.25) is 0 Å². The molecule has 1 unspecified atom stereocenters. The molecule has 1 aromatic rings. The number of aromatic nitrogens is 2. The van der Waals surface area contributed by atoms with Gasteiger partial charge in [0.2, 0.25) is 0 Å². The van der Waals surface area contributed by atoms with Crippen LogP contribution in [0.25, 0.3) is 0 Å². The van der Waals surface area contributed by atoms with E-state index in [0.717, 1.165) is 16.5 Å². The number of esters is 1. The summed E-state index contributed by atoms with van der Waals surface area (Å²) in [5, 5.41) is 0. The van der Waals surface area contributed by atoms with E-state index in [1.165, 1.54) is 25.0 Å². The van der Waals surface area contributed by atoms with Gasteiger partial charge in [0.05, 0.1) is 7.11 Å². The van der Waals surface area contributed by atoms with Crippen LogP contribution in [0.3, 0.4) is 0 Å². The highest BCUT2D eigenvalue weighted by molar-refractivity contribution is 8.00. The monoisotopic (exact) mass is 261 g/mol. The lowest BCUT2D eigenvalue weighted by atomic mass is 9.98. The van der Waals surface area contributed by atoms with Crippen molar-refractivity contribution in [1.82, 2.24) is 9.36 Å². The highest BCUT2D eigenvalue weighted by Gasteiger charge is 2.28. The fraction of sp³-hybridized carbons (Fsp3) is 0.667. The zero-order valence-corrected chi connectivity index (χ0v) is 10.9. The predicted octanol–water partition coefficient (Wildman–Crippen LogP) is 1.30. The molecule has 0 saturated heterocycles. The molecule has 1 atom stereocenters. The normalized spacial score (nSPS) is 14.4. The largest absolute Gasteiger partial charge is 0.468 e. The Hall–Kier alpha value is -0.660. The van der Waals surface area contributed by atoms with Crippen molar-refractivity contribution >= 4 is 29.3 Å². The summed E-state index contributed by atoms with van der Waals surface area (Å²) < 4.78 is 9.47.